The molecule has 0 saturated carbocycles. The van der Waals surface area contributed by atoms with E-state index in [9.17, 15) is 0 Å². The topological polar surface area (TPSA) is 88.3 Å². The molecule has 0 saturated heterocycles. The van der Waals surface area contributed by atoms with Crippen molar-refractivity contribution in [2.45, 2.75) is 25.8 Å². The number of halogens is 1. The Morgan fingerprint density at radius 3 is 2.95 bits per heavy atom. The second-order valence-corrected chi connectivity index (χ2v) is 5.07. The molecule has 0 amide bonds. The number of guanidine groups is 1. The summed E-state index contributed by atoms with van der Waals surface area (Å²) in [5.41, 5.74) is 7.89. The molecule has 0 spiro atoms. The lowest BCUT2D eigenvalue weighted by Crippen LogP contribution is -2.40. The Balaban J connectivity index is 0.00000242. The maximum atomic E-state index is 5.81. The minimum atomic E-state index is 0. The van der Waals surface area contributed by atoms with Gasteiger partial charge in [-0.1, -0.05) is 12.1 Å². The number of aliphatic imine (C=N–C) groups is 1. The summed E-state index contributed by atoms with van der Waals surface area (Å²) < 4.78 is 5.03. The molecular weight excluding hydrogens is 393 g/mol. The van der Waals surface area contributed by atoms with Gasteiger partial charge in [0.05, 0.1) is 17.6 Å². The third-order valence-corrected chi connectivity index (χ3v) is 3.10. The third kappa shape index (κ3) is 5.80. The van der Waals surface area contributed by atoms with Crippen molar-refractivity contribution >= 4 is 41.0 Å². The summed E-state index contributed by atoms with van der Waals surface area (Å²) in [4.78, 5) is 12.1. The highest BCUT2D eigenvalue weighted by atomic mass is 127. The van der Waals surface area contributed by atoms with Gasteiger partial charge < -0.3 is 20.8 Å². The molecule has 2 rings (SSSR count). The van der Waals surface area contributed by atoms with E-state index in [1.807, 2.05) is 31.2 Å². The standard InChI is InChI=1S/C15H23N5O.HI/c1-11(10-21-2)18-15(16)17-9-5-8-14-19-12-6-3-4-7-13(12)20-14;/h3-4,6-7,11H,5,8-10H2,1-2H3,(H,19,20)(H3,16,17,18);1H. The number of rotatable bonds is 7. The van der Waals surface area contributed by atoms with Crippen molar-refractivity contribution in [1.29, 1.82) is 0 Å². The predicted molar refractivity (Wildman–Crippen MR) is 101 cm³/mol. The smallest absolute Gasteiger partial charge is 0.188 e. The molecule has 2 aromatic rings. The van der Waals surface area contributed by atoms with Crippen molar-refractivity contribution in [2.75, 3.05) is 20.3 Å². The first-order chi connectivity index (χ1) is 10.2. The lowest BCUT2D eigenvalue weighted by Gasteiger charge is -2.12. The number of hydrogen-bond acceptors (Lipinski definition) is 3. The van der Waals surface area contributed by atoms with Crippen LogP contribution in [0.1, 0.15) is 19.2 Å². The van der Waals surface area contributed by atoms with E-state index in [2.05, 4.69) is 20.3 Å². The molecule has 0 aliphatic heterocycles. The van der Waals surface area contributed by atoms with Gasteiger partial charge in [0.15, 0.2) is 5.96 Å². The Morgan fingerprint density at radius 1 is 1.45 bits per heavy atom. The monoisotopic (exact) mass is 417 g/mol. The van der Waals surface area contributed by atoms with Crippen LogP contribution in [-0.4, -0.2) is 42.2 Å². The number of fused-ring (bicyclic) bond motifs is 1. The zero-order valence-corrected chi connectivity index (χ0v) is 15.3. The molecule has 7 heteroatoms. The van der Waals surface area contributed by atoms with E-state index >= 15 is 0 Å². The van der Waals surface area contributed by atoms with E-state index in [1.165, 1.54) is 0 Å². The number of ether oxygens (including phenoxy) is 1. The zero-order valence-electron chi connectivity index (χ0n) is 13.0. The van der Waals surface area contributed by atoms with Crippen molar-refractivity contribution < 1.29 is 4.74 Å². The van der Waals surface area contributed by atoms with Gasteiger partial charge in [0.25, 0.3) is 0 Å². The van der Waals surface area contributed by atoms with Gasteiger partial charge in [-0.15, -0.1) is 24.0 Å². The minimum Gasteiger partial charge on any atom is -0.383 e. The summed E-state index contributed by atoms with van der Waals surface area (Å²) >= 11 is 0. The molecule has 1 aromatic heterocycles. The molecule has 1 aromatic carbocycles. The van der Waals surface area contributed by atoms with Crippen LogP contribution in [0.3, 0.4) is 0 Å². The molecule has 122 valence electrons. The van der Waals surface area contributed by atoms with E-state index in [4.69, 9.17) is 10.5 Å². The Labute approximate surface area is 148 Å². The number of imidazole rings is 1. The summed E-state index contributed by atoms with van der Waals surface area (Å²) in [5, 5.41) is 3.08. The first-order valence-corrected chi connectivity index (χ1v) is 7.18. The van der Waals surface area contributed by atoms with E-state index in [-0.39, 0.29) is 30.0 Å². The van der Waals surface area contributed by atoms with Crippen LogP contribution in [0.4, 0.5) is 0 Å². The molecule has 1 unspecified atom stereocenters. The summed E-state index contributed by atoms with van der Waals surface area (Å²) in [6.45, 7) is 3.28. The van der Waals surface area contributed by atoms with Crippen LogP contribution in [0.5, 0.6) is 0 Å². The second kappa shape index (κ2) is 9.62. The third-order valence-electron chi connectivity index (χ3n) is 3.10. The molecule has 1 atom stereocenters. The van der Waals surface area contributed by atoms with Gasteiger partial charge in [-0.05, 0) is 25.5 Å². The lowest BCUT2D eigenvalue weighted by molar-refractivity contribution is 0.179. The maximum absolute atomic E-state index is 5.81. The van der Waals surface area contributed by atoms with Gasteiger partial charge in [-0.25, -0.2) is 4.98 Å². The number of benzene rings is 1. The van der Waals surface area contributed by atoms with Crippen LogP contribution in [0.2, 0.25) is 0 Å². The van der Waals surface area contributed by atoms with Crippen molar-refractivity contribution in [3.63, 3.8) is 0 Å². The Kier molecular flexibility index (Phi) is 8.18. The Bertz CT molecular complexity index is 565. The first kappa shape index (κ1) is 18.7. The number of nitrogens with zero attached hydrogens (tertiary/aromatic N) is 2. The Morgan fingerprint density at radius 2 is 2.23 bits per heavy atom. The summed E-state index contributed by atoms with van der Waals surface area (Å²) in [6, 6.07) is 8.19. The second-order valence-electron chi connectivity index (χ2n) is 5.07. The molecule has 0 aliphatic carbocycles. The summed E-state index contributed by atoms with van der Waals surface area (Å²) in [7, 11) is 1.67. The summed E-state index contributed by atoms with van der Waals surface area (Å²) in [6.07, 6.45) is 1.76. The lowest BCUT2D eigenvalue weighted by atomic mass is 10.3. The van der Waals surface area contributed by atoms with E-state index in [1.54, 1.807) is 7.11 Å². The van der Waals surface area contributed by atoms with Crippen LogP contribution in [0.15, 0.2) is 29.3 Å². The van der Waals surface area contributed by atoms with Gasteiger partial charge >= 0.3 is 0 Å². The van der Waals surface area contributed by atoms with Gasteiger partial charge in [0.2, 0.25) is 0 Å². The number of H-pyrrole nitrogens is 1. The molecular formula is C15H24IN5O. The quantitative estimate of drug-likeness (QED) is 0.279. The summed E-state index contributed by atoms with van der Waals surface area (Å²) in [5.74, 6) is 1.45. The average Bonchev–Trinajstić information content (AvgIpc) is 2.86. The molecule has 22 heavy (non-hydrogen) atoms. The minimum absolute atomic E-state index is 0. The van der Waals surface area contributed by atoms with Gasteiger partial charge in [-0.3, -0.25) is 4.99 Å². The average molecular weight is 417 g/mol. The van der Waals surface area contributed by atoms with Crippen LogP contribution in [-0.2, 0) is 11.2 Å². The number of methoxy groups -OCH3 is 1. The maximum Gasteiger partial charge on any atom is 0.188 e. The zero-order chi connectivity index (χ0) is 15.1. The number of para-hydroxylation sites is 2. The van der Waals surface area contributed by atoms with Crippen LogP contribution in [0, 0.1) is 0 Å². The van der Waals surface area contributed by atoms with E-state index < -0.39 is 0 Å². The number of nitrogens with one attached hydrogen (secondary N) is 2. The van der Waals surface area contributed by atoms with Crippen molar-refractivity contribution in [1.82, 2.24) is 15.3 Å². The Hall–Kier alpha value is -1.35. The number of aryl methyl sites for hydroxylation is 1. The fraction of sp³-hybridized carbons (Fsp3) is 0.467. The molecule has 1 heterocycles. The fourth-order valence-corrected chi connectivity index (χ4v) is 2.16. The number of nitrogens with two attached hydrogens (primary N) is 1. The van der Waals surface area contributed by atoms with Crippen molar-refractivity contribution in [2.24, 2.45) is 10.7 Å². The first-order valence-electron chi connectivity index (χ1n) is 7.18. The van der Waals surface area contributed by atoms with Crippen LogP contribution >= 0.6 is 24.0 Å². The van der Waals surface area contributed by atoms with Gasteiger partial charge in [-0.2, -0.15) is 0 Å². The molecule has 4 N–H and O–H groups in total. The predicted octanol–water partition coefficient (Wildman–Crippen LogP) is 2.05. The molecule has 0 bridgehead atoms. The van der Waals surface area contributed by atoms with Gasteiger partial charge in [0.1, 0.15) is 5.82 Å². The largest absolute Gasteiger partial charge is 0.383 e. The number of aromatic nitrogens is 2. The van der Waals surface area contributed by atoms with E-state index in [0.717, 1.165) is 29.7 Å². The van der Waals surface area contributed by atoms with Crippen molar-refractivity contribution in [3.05, 3.63) is 30.1 Å². The highest BCUT2D eigenvalue weighted by Crippen LogP contribution is 2.11. The number of hydrogen-bond donors (Lipinski definition) is 3. The fourth-order valence-electron chi connectivity index (χ4n) is 2.16. The van der Waals surface area contributed by atoms with E-state index in [0.29, 0.717) is 19.1 Å². The van der Waals surface area contributed by atoms with Crippen molar-refractivity contribution in [3.8, 4) is 0 Å². The molecule has 0 aliphatic rings. The molecule has 0 fully saturated rings. The van der Waals surface area contributed by atoms with Crippen LogP contribution < -0.4 is 11.1 Å². The number of aromatic amines is 1. The SMILES string of the molecule is COCC(C)NC(N)=NCCCc1nc2ccccc2[nH]1.I. The highest BCUT2D eigenvalue weighted by Gasteiger charge is 2.03. The normalized spacial score (nSPS) is 12.9. The highest BCUT2D eigenvalue weighted by molar-refractivity contribution is 14.0. The van der Waals surface area contributed by atoms with Gasteiger partial charge in [0, 0.05) is 26.1 Å². The molecule has 6 nitrogen and oxygen atoms in total. The molecule has 0 radical (unpaired) electrons. The van der Waals surface area contributed by atoms with Crippen LogP contribution in [0.25, 0.3) is 11.0 Å².